The molecule has 1 saturated heterocycles. The summed E-state index contributed by atoms with van der Waals surface area (Å²) in [6, 6.07) is 8.45. The smallest absolute Gasteiger partial charge is 0.416 e. The number of piperidine rings is 1. The summed E-state index contributed by atoms with van der Waals surface area (Å²) in [7, 11) is 0. The predicted octanol–water partition coefficient (Wildman–Crippen LogP) is 4.24. The van der Waals surface area contributed by atoms with Crippen LogP contribution in [0.3, 0.4) is 0 Å². The number of hydrogen-bond donors (Lipinski definition) is 1. The van der Waals surface area contributed by atoms with E-state index in [0.29, 0.717) is 31.5 Å². The quantitative estimate of drug-likeness (QED) is 0.784. The number of rotatable bonds is 5. The number of nitrogens with one attached hydrogen (secondary N) is 1. The average molecular weight is 422 g/mol. The number of furan rings is 1. The molecule has 2 heterocycles. The van der Waals surface area contributed by atoms with E-state index in [1.54, 1.807) is 36.9 Å². The Hall–Kier alpha value is -2.77. The van der Waals surface area contributed by atoms with Gasteiger partial charge in [-0.05, 0) is 36.6 Å². The van der Waals surface area contributed by atoms with Gasteiger partial charge in [0.2, 0.25) is 5.91 Å². The van der Waals surface area contributed by atoms with Gasteiger partial charge in [0, 0.05) is 31.0 Å². The third-order valence-electron chi connectivity index (χ3n) is 5.56. The molecule has 1 aliphatic rings. The molecular formula is C22H25F3N2O3. The van der Waals surface area contributed by atoms with Gasteiger partial charge in [-0.25, -0.2) is 0 Å². The molecule has 1 aliphatic heterocycles. The molecule has 0 aliphatic carbocycles. The van der Waals surface area contributed by atoms with Crippen LogP contribution in [0.15, 0.2) is 47.1 Å². The van der Waals surface area contributed by atoms with Crippen LogP contribution in [0.5, 0.6) is 0 Å². The summed E-state index contributed by atoms with van der Waals surface area (Å²) in [6.45, 7) is 4.72. The van der Waals surface area contributed by atoms with Crippen LogP contribution in [-0.4, -0.2) is 36.3 Å². The van der Waals surface area contributed by atoms with Crippen molar-refractivity contribution in [1.29, 1.82) is 0 Å². The zero-order valence-corrected chi connectivity index (χ0v) is 17.0. The van der Waals surface area contributed by atoms with E-state index < -0.39 is 17.2 Å². The van der Waals surface area contributed by atoms with E-state index in [0.717, 1.165) is 12.1 Å². The maximum Gasteiger partial charge on any atom is 0.416 e. The maximum atomic E-state index is 13.0. The van der Waals surface area contributed by atoms with Crippen LogP contribution >= 0.6 is 0 Å². The molecule has 3 rings (SSSR count). The molecule has 2 aromatic rings. The third kappa shape index (κ3) is 5.04. The Bertz CT molecular complexity index is 883. The van der Waals surface area contributed by atoms with Gasteiger partial charge < -0.3 is 14.6 Å². The number of nitrogens with zero attached hydrogens (tertiary/aromatic N) is 1. The number of likely N-dealkylation sites (tertiary alicyclic amines) is 1. The highest BCUT2D eigenvalue weighted by molar-refractivity contribution is 5.91. The molecular weight excluding hydrogens is 397 g/mol. The Morgan fingerprint density at radius 2 is 1.77 bits per heavy atom. The van der Waals surface area contributed by atoms with Gasteiger partial charge in [-0.2, -0.15) is 13.2 Å². The summed E-state index contributed by atoms with van der Waals surface area (Å²) < 4.78 is 44.1. The second-order valence-electron chi connectivity index (χ2n) is 8.22. The molecule has 1 aromatic heterocycles. The lowest BCUT2D eigenvalue weighted by Crippen LogP contribution is -2.45. The van der Waals surface area contributed by atoms with Crippen LogP contribution in [0, 0.1) is 5.92 Å². The van der Waals surface area contributed by atoms with Crippen molar-refractivity contribution in [3.63, 3.8) is 0 Å². The SMILES string of the molecule is CC(C)(CNC(=O)C1CCN(C(=O)c2ccco2)CC1)c1cccc(C(F)(F)F)c1. The van der Waals surface area contributed by atoms with E-state index in [2.05, 4.69) is 5.32 Å². The van der Waals surface area contributed by atoms with Crippen LogP contribution in [0.25, 0.3) is 0 Å². The molecule has 0 saturated carbocycles. The number of carbonyl (C=O) groups is 2. The molecule has 0 radical (unpaired) electrons. The van der Waals surface area contributed by atoms with Gasteiger partial charge >= 0.3 is 6.18 Å². The van der Waals surface area contributed by atoms with Crippen molar-refractivity contribution >= 4 is 11.8 Å². The molecule has 8 heteroatoms. The monoisotopic (exact) mass is 422 g/mol. The Kier molecular flexibility index (Phi) is 6.24. The number of halogens is 3. The van der Waals surface area contributed by atoms with Crippen molar-refractivity contribution in [2.45, 2.75) is 38.3 Å². The second kappa shape index (κ2) is 8.53. The van der Waals surface area contributed by atoms with Crippen molar-refractivity contribution in [2.24, 2.45) is 5.92 Å². The number of alkyl halides is 3. The van der Waals surface area contributed by atoms with Crippen LogP contribution in [0.4, 0.5) is 13.2 Å². The van der Waals surface area contributed by atoms with E-state index in [1.165, 1.54) is 12.3 Å². The molecule has 0 atom stereocenters. The average Bonchev–Trinajstić information content (AvgIpc) is 3.26. The number of carbonyl (C=O) groups excluding carboxylic acids is 2. The van der Waals surface area contributed by atoms with E-state index in [-0.39, 0.29) is 30.0 Å². The lowest BCUT2D eigenvalue weighted by molar-refractivity contribution is -0.137. The highest BCUT2D eigenvalue weighted by Crippen LogP contribution is 2.32. The predicted molar refractivity (Wildman–Crippen MR) is 105 cm³/mol. The van der Waals surface area contributed by atoms with Crippen molar-refractivity contribution in [3.05, 3.63) is 59.5 Å². The van der Waals surface area contributed by atoms with Gasteiger partial charge in [0.05, 0.1) is 11.8 Å². The Morgan fingerprint density at radius 1 is 1.10 bits per heavy atom. The van der Waals surface area contributed by atoms with E-state index in [4.69, 9.17) is 4.42 Å². The van der Waals surface area contributed by atoms with Crippen LogP contribution in [0.1, 0.15) is 48.4 Å². The summed E-state index contributed by atoms with van der Waals surface area (Å²) in [5, 5.41) is 2.88. The van der Waals surface area contributed by atoms with Crippen LogP contribution < -0.4 is 5.32 Å². The van der Waals surface area contributed by atoms with E-state index in [9.17, 15) is 22.8 Å². The van der Waals surface area contributed by atoms with E-state index >= 15 is 0 Å². The van der Waals surface area contributed by atoms with E-state index in [1.807, 2.05) is 0 Å². The van der Waals surface area contributed by atoms with Crippen molar-refractivity contribution in [3.8, 4) is 0 Å². The topological polar surface area (TPSA) is 62.6 Å². The third-order valence-corrected chi connectivity index (χ3v) is 5.56. The number of hydrogen-bond acceptors (Lipinski definition) is 3. The highest BCUT2D eigenvalue weighted by atomic mass is 19.4. The molecule has 0 bridgehead atoms. The zero-order valence-electron chi connectivity index (χ0n) is 17.0. The molecule has 0 spiro atoms. The molecule has 5 nitrogen and oxygen atoms in total. The number of benzene rings is 1. The minimum absolute atomic E-state index is 0.139. The molecule has 1 aromatic carbocycles. The summed E-state index contributed by atoms with van der Waals surface area (Å²) in [5.41, 5.74) is -0.850. The van der Waals surface area contributed by atoms with Gasteiger partial charge in [-0.1, -0.05) is 32.0 Å². The zero-order chi connectivity index (χ0) is 21.9. The number of amides is 2. The summed E-state index contributed by atoms with van der Waals surface area (Å²) in [5.74, 6) is -0.284. The van der Waals surface area contributed by atoms with Gasteiger partial charge in [0.15, 0.2) is 5.76 Å². The molecule has 0 unspecified atom stereocenters. The standard InChI is InChI=1S/C22H25F3N2O3/c1-21(2,16-5-3-6-17(13-16)22(23,24)25)14-26-19(28)15-8-10-27(11-9-15)20(29)18-7-4-12-30-18/h3-7,12-13,15H,8-11,14H2,1-2H3,(H,26,28). The summed E-state index contributed by atoms with van der Waals surface area (Å²) in [4.78, 5) is 26.6. The highest BCUT2D eigenvalue weighted by Gasteiger charge is 2.33. The minimum Gasteiger partial charge on any atom is -0.459 e. The van der Waals surface area contributed by atoms with Crippen molar-refractivity contribution in [2.75, 3.05) is 19.6 Å². The lowest BCUT2D eigenvalue weighted by Gasteiger charge is -2.32. The first-order valence-corrected chi connectivity index (χ1v) is 9.86. The fraction of sp³-hybridized carbons (Fsp3) is 0.455. The lowest BCUT2D eigenvalue weighted by atomic mass is 9.83. The first kappa shape index (κ1) is 21.9. The molecule has 1 N–H and O–H groups in total. The maximum absolute atomic E-state index is 13.0. The van der Waals surface area contributed by atoms with Gasteiger partial charge in [0.25, 0.3) is 5.91 Å². The molecule has 162 valence electrons. The Morgan fingerprint density at radius 3 is 2.37 bits per heavy atom. The first-order valence-electron chi connectivity index (χ1n) is 9.86. The first-order chi connectivity index (χ1) is 14.1. The van der Waals surface area contributed by atoms with Crippen LogP contribution in [-0.2, 0) is 16.4 Å². The Balaban J connectivity index is 1.54. The molecule has 2 amide bonds. The van der Waals surface area contributed by atoms with Crippen molar-refractivity contribution < 1.29 is 27.2 Å². The fourth-order valence-corrected chi connectivity index (χ4v) is 3.57. The normalized spacial score (nSPS) is 15.8. The largest absolute Gasteiger partial charge is 0.459 e. The summed E-state index contributed by atoms with van der Waals surface area (Å²) >= 11 is 0. The van der Waals surface area contributed by atoms with Crippen molar-refractivity contribution in [1.82, 2.24) is 10.2 Å². The van der Waals surface area contributed by atoms with Gasteiger partial charge in [-0.3, -0.25) is 9.59 Å². The second-order valence-corrected chi connectivity index (χ2v) is 8.22. The minimum atomic E-state index is -4.41. The Labute approximate surface area is 173 Å². The van der Waals surface area contributed by atoms with Gasteiger partial charge in [0.1, 0.15) is 0 Å². The van der Waals surface area contributed by atoms with Gasteiger partial charge in [-0.15, -0.1) is 0 Å². The van der Waals surface area contributed by atoms with Crippen LogP contribution in [0.2, 0.25) is 0 Å². The summed E-state index contributed by atoms with van der Waals surface area (Å²) in [6.07, 6.45) is -1.90. The molecule has 30 heavy (non-hydrogen) atoms. The molecule has 1 fully saturated rings. The fourth-order valence-electron chi connectivity index (χ4n) is 3.57.